The fourth-order valence-corrected chi connectivity index (χ4v) is 3.19. The SMILES string of the molecule is CCNC(=NCCCCn1c(C)cccc1=O)NCCc1ccc(OC)c(OC)c1.I. The summed E-state index contributed by atoms with van der Waals surface area (Å²) in [6.07, 6.45) is 2.69. The van der Waals surface area contributed by atoms with Gasteiger partial charge in [0.2, 0.25) is 0 Å². The average Bonchev–Trinajstić information content (AvgIpc) is 2.75. The Morgan fingerprint density at radius 1 is 1.06 bits per heavy atom. The number of nitrogens with zero attached hydrogens (tertiary/aromatic N) is 2. The number of pyridine rings is 1. The van der Waals surface area contributed by atoms with E-state index in [9.17, 15) is 4.79 Å². The second kappa shape index (κ2) is 14.7. The molecule has 172 valence electrons. The highest BCUT2D eigenvalue weighted by molar-refractivity contribution is 14.0. The monoisotopic (exact) mass is 542 g/mol. The number of aromatic nitrogens is 1. The summed E-state index contributed by atoms with van der Waals surface area (Å²) in [5.74, 6) is 2.28. The van der Waals surface area contributed by atoms with E-state index in [0.29, 0.717) is 6.54 Å². The predicted molar refractivity (Wildman–Crippen MR) is 137 cm³/mol. The topological polar surface area (TPSA) is 76.9 Å². The molecule has 1 aromatic heterocycles. The summed E-state index contributed by atoms with van der Waals surface area (Å²) in [6.45, 7) is 7.03. The third-order valence-electron chi connectivity index (χ3n) is 4.83. The number of nitrogens with one attached hydrogen (secondary N) is 2. The Hall–Kier alpha value is -2.23. The van der Waals surface area contributed by atoms with Gasteiger partial charge in [0.05, 0.1) is 14.2 Å². The van der Waals surface area contributed by atoms with Crippen LogP contribution >= 0.6 is 24.0 Å². The second-order valence-electron chi connectivity index (χ2n) is 6.99. The molecule has 0 aliphatic heterocycles. The van der Waals surface area contributed by atoms with Gasteiger partial charge in [0.1, 0.15) is 0 Å². The van der Waals surface area contributed by atoms with Crippen molar-refractivity contribution < 1.29 is 9.47 Å². The van der Waals surface area contributed by atoms with Gasteiger partial charge in [0.15, 0.2) is 17.5 Å². The smallest absolute Gasteiger partial charge is 0.250 e. The van der Waals surface area contributed by atoms with Crippen molar-refractivity contribution in [2.24, 2.45) is 4.99 Å². The molecule has 7 nitrogen and oxygen atoms in total. The minimum atomic E-state index is 0. The molecule has 0 saturated heterocycles. The first-order chi connectivity index (χ1) is 14.6. The Morgan fingerprint density at radius 2 is 1.84 bits per heavy atom. The maximum atomic E-state index is 11.9. The molecule has 0 fully saturated rings. The normalized spacial score (nSPS) is 10.9. The van der Waals surface area contributed by atoms with Gasteiger partial charge in [0, 0.05) is 37.9 Å². The van der Waals surface area contributed by atoms with Crippen LogP contribution in [0.4, 0.5) is 0 Å². The number of ether oxygens (including phenoxy) is 2. The van der Waals surface area contributed by atoms with Gasteiger partial charge in [-0.25, -0.2) is 0 Å². The van der Waals surface area contributed by atoms with Gasteiger partial charge in [-0.3, -0.25) is 9.79 Å². The van der Waals surface area contributed by atoms with Crippen LogP contribution < -0.4 is 25.7 Å². The van der Waals surface area contributed by atoms with Gasteiger partial charge in [-0.15, -0.1) is 24.0 Å². The van der Waals surface area contributed by atoms with Crippen LogP contribution in [-0.2, 0) is 13.0 Å². The Bertz CT molecular complexity index is 883. The van der Waals surface area contributed by atoms with Crippen LogP contribution in [0.3, 0.4) is 0 Å². The van der Waals surface area contributed by atoms with Crippen molar-refractivity contribution in [3.63, 3.8) is 0 Å². The highest BCUT2D eigenvalue weighted by Crippen LogP contribution is 2.27. The van der Waals surface area contributed by atoms with Crippen LogP contribution in [-0.4, -0.2) is 44.4 Å². The van der Waals surface area contributed by atoms with E-state index in [2.05, 4.69) is 22.5 Å². The van der Waals surface area contributed by atoms with Crippen molar-refractivity contribution in [3.8, 4) is 11.5 Å². The fourth-order valence-electron chi connectivity index (χ4n) is 3.19. The lowest BCUT2D eigenvalue weighted by molar-refractivity contribution is 0.354. The lowest BCUT2D eigenvalue weighted by atomic mass is 10.1. The van der Waals surface area contributed by atoms with E-state index in [-0.39, 0.29) is 29.5 Å². The molecule has 0 unspecified atom stereocenters. The number of aliphatic imine (C=N–C) groups is 1. The Labute approximate surface area is 202 Å². The third-order valence-corrected chi connectivity index (χ3v) is 4.83. The first kappa shape index (κ1) is 26.8. The third kappa shape index (κ3) is 8.80. The molecule has 0 spiro atoms. The largest absolute Gasteiger partial charge is 0.493 e. The first-order valence-corrected chi connectivity index (χ1v) is 10.5. The molecule has 31 heavy (non-hydrogen) atoms. The number of aryl methyl sites for hydroxylation is 1. The molecule has 0 radical (unpaired) electrons. The standard InChI is InChI=1S/C23H34N4O3.HI/c1-5-24-23(25-14-6-7-16-27-18(2)9-8-10-22(27)28)26-15-13-19-11-12-20(29-3)21(17-19)30-4;/h8-12,17H,5-7,13-16H2,1-4H3,(H2,24,25,26);1H. The molecule has 2 aromatic rings. The molecule has 0 aliphatic carbocycles. The van der Waals surface area contributed by atoms with E-state index in [4.69, 9.17) is 9.47 Å². The van der Waals surface area contributed by atoms with Crippen molar-refractivity contribution in [2.75, 3.05) is 33.9 Å². The number of halogens is 1. The predicted octanol–water partition coefficient (Wildman–Crippen LogP) is 3.37. The molecule has 8 heteroatoms. The fraction of sp³-hybridized carbons (Fsp3) is 0.478. The number of rotatable bonds is 11. The summed E-state index contributed by atoms with van der Waals surface area (Å²) in [4.78, 5) is 16.6. The first-order valence-electron chi connectivity index (χ1n) is 10.5. The zero-order chi connectivity index (χ0) is 21.8. The number of methoxy groups -OCH3 is 2. The Balaban J connectivity index is 0.00000480. The molecular formula is C23H35IN4O3. The number of benzene rings is 1. The van der Waals surface area contributed by atoms with E-state index >= 15 is 0 Å². The summed E-state index contributed by atoms with van der Waals surface area (Å²) in [7, 11) is 3.28. The maximum absolute atomic E-state index is 11.9. The summed E-state index contributed by atoms with van der Waals surface area (Å²) < 4.78 is 12.5. The second-order valence-corrected chi connectivity index (χ2v) is 6.99. The zero-order valence-corrected chi connectivity index (χ0v) is 21.3. The maximum Gasteiger partial charge on any atom is 0.250 e. The lowest BCUT2D eigenvalue weighted by Crippen LogP contribution is -2.38. The summed E-state index contributed by atoms with van der Waals surface area (Å²) >= 11 is 0. The van der Waals surface area contributed by atoms with Crippen LogP contribution in [0.5, 0.6) is 11.5 Å². The van der Waals surface area contributed by atoms with Crippen molar-refractivity contribution in [2.45, 2.75) is 39.7 Å². The van der Waals surface area contributed by atoms with Gasteiger partial charge in [0.25, 0.3) is 5.56 Å². The molecule has 2 N–H and O–H groups in total. The number of hydrogen-bond acceptors (Lipinski definition) is 4. The molecule has 0 atom stereocenters. The van der Waals surface area contributed by atoms with Crippen LogP contribution in [0.15, 0.2) is 46.2 Å². The number of guanidine groups is 1. The average molecular weight is 542 g/mol. The minimum Gasteiger partial charge on any atom is -0.493 e. The van der Waals surface area contributed by atoms with Crippen molar-refractivity contribution in [1.29, 1.82) is 0 Å². The molecule has 0 saturated carbocycles. The van der Waals surface area contributed by atoms with E-state index in [0.717, 1.165) is 62.0 Å². The van der Waals surface area contributed by atoms with Gasteiger partial charge in [-0.1, -0.05) is 12.1 Å². The molecule has 1 aromatic carbocycles. The van der Waals surface area contributed by atoms with E-state index in [1.54, 1.807) is 26.4 Å². The molecule has 0 amide bonds. The van der Waals surface area contributed by atoms with E-state index < -0.39 is 0 Å². The molecule has 0 bridgehead atoms. The minimum absolute atomic E-state index is 0. The highest BCUT2D eigenvalue weighted by Gasteiger charge is 2.05. The van der Waals surface area contributed by atoms with Crippen LogP contribution in [0, 0.1) is 6.92 Å². The van der Waals surface area contributed by atoms with Crippen molar-refractivity contribution in [1.82, 2.24) is 15.2 Å². The molecular weight excluding hydrogens is 507 g/mol. The van der Waals surface area contributed by atoms with Crippen LogP contribution in [0.2, 0.25) is 0 Å². The van der Waals surface area contributed by atoms with Crippen molar-refractivity contribution >= 4 is 29.9 Å². The Kier molecular flexibility index (Phi) is 12.7. The summed E-state index contributed by atoms with van der Waals surface area (Å²) in [5.41, 5.74) is 2.22. The van der Waals surface area contributed by atoms with Crippen molar-refractivity contribution in [3.05, 3.63) is 58.0 Å². The highest BCUT2D eigenvalue weighted by atomic mass is 127. The molecule has 2 rings (SSSR count). The van der Waals surface area contributed by atoms with Crippen LogP contribution in [0.25, 0.3) is 0 Å². The summed E-state index contributed by atoms with van der Waals surface area (Å²) in [5, 5.41) is 6.65. The number of hydrogen-bond donors (Lipinski definition) is 2. The Morgan fingerprint density at radius 3 is 2.52 bits per heavy atom. The molecule has 0 aliphatic rings. The quantitative estimate of drug-likeness (QED) is 0.197. The molecule has 1 heterocycles. The van der Waals surface area contributed by atoms with Crippen LogP contribution in [0.1, 0.15) is 31.0 Å². The van der Waals surface area contributed by atoms with E-state index in [1.807, 2.05) is 35.8 Å². The zero-order valence-electron chi connectivity index (χ0n) is 18.9. The lowest BCUT2D eigenvalue weighted by Gasteiger charge is -2.13. The van der Waals surface area contributed by atoms with Gasteiger partial charge in [-0.2, -0.15) is 0 Å². The van der Waals surface area contributed by atoms with Gasteiger partial charge in [-0.05, 0) is 56.9 Å². The van der Waals surface area contributed by atoms with E-state index in [1.165, 1.54) is 5.56 Å². The summed E-state index contributed by atoms with van der Waals surface area (Å²) in [6, 6.07) is 11.3. The van der Waals surface area contributed by atoms with Gasteiger partial charge < -0.3 is 24.7 Å². The number of unbranched alkanes of at least 4 members (excludes halogenated alkanes) is 1. The van der Waals surface area contributed by atoms with Gasteiger partial charge >= 0.3 is 0 Å².